The number of nitrogens with zero attached hydrogens (tertiary/aromatic N) is 2. The Bertz CT molecular complexity index is 935. The van der Waals surface area contributed by atoms with E-state index < -0.39 is 20.6 Å². The molecule has 1 aromatic rings. The van der Waals surface area contributed by atoms with Gasteiger partial charge in [0.2, 0.25) is 15.9 Å². The lowest BCUT2D eigenvalue weighted by Crippen LogP contribution is -2.55. The fourth-order valence-electron chi connectivity index (χ4n) is 3.55. The summed E-state index contributed by atoms with van der Waals surface area (Å²) in [5.74, 6) is 0.607. The zero-order chi connectivity index (χ0) is 22.1. The van der Waals surface area contributed by atoms with Crippen LogP contribution in [0.2, 0.25) is 5.02 Å². The fourth-order valence-corrected chi connectivity index (χ4v) is 6.61. The second-order valence-electron chi connectivity index (χ2n) is 7.59. The van der Waals surface area contributed by atoms with E-state index in [-0.39, 0.29) is 45.9 Å². The minimum absolute atomic E-state index is 0.0303. The SMILES string of the molecule is CCC(C)NC(=O)C1CSC2(CCN(S(=O)(=O)c3ccc(Cl)c([N+](=O)[O-])c3)CC2)N1. The van der Waals surface area contributed by atoms with Crippen LogP contribution in [0.15, 0.2) is 23.1 Å². The average Bonchev–Trinajstić information content (AvgIpc) is 3.11. The summed E-state index contributed by atoms with van der Waals surface area (Å²) in [6.07, 6.45) is 1.94. The van der Waals surface area contributed by atoms with Crippen molar-refractivity contribution in [3.05, 3.63) is 33.3 Å². The van der Waals surface area contributed by atoms with Crippen molar-refractivity contribution in [3.8, 4) is 0 Å². The molecule has 0 aromatic heterocycles. The summed E-state index contributed by atoms with van der Waals surface area (Å²) < 4.78 is 27.3. The number of nitro groups is 1. The first-order valence-electron chi connectivity index (χ1n) is 9.74. The highest BCUT2D eigenvalue weighted by atomic mass is 35.5. The van der Waals surface area contributed by atoms with Gasteiger partial charge in [-0.3, -0.25) is 20.2 Å². The second kappa shape index (κ2) is 8.99. The first-order valence-corrected chi connectivity index (χ1v) is 12.5. The number of nitrogens with one attached hydrogen (secondary N) is 2. The van der Waals surface area contributed by atoms with E-state index in [1.165, 1.54) is 16.4 Å². The predicted molar refractivity (Wildman–Crippen MR) is 116 cm³/mol. The topological polar surface area (TPSA) is 122 Å². The molecule has 1 spiro atoms. The smallest absolute Gasteiger partial charge is 0.289 e. The molecule has 0 bridgehead atoms. The fraction of sp³-hybridized carbons (Fsp3) is 0.611. The van der Waals surface area contributed by atoms with Gasteiger partial charge >= 0.3 is 0 Å². The molecule has 1 aromatic carbocycles. The Balaban J connectivity index is 1.66. The minimum atomic E-state index is -3.88. The van der Waals surface area contributed by atoms with Gasteiger partial charge in [-0.2, -0.15) is 4.31 Å². The van der Waals surface area contributed by atoms with Crippen LogP contribution >= 0.6 is 23.4 Å². The molecule has 12 heteroatoms. The third kappa shape index (κ3) is 4.75. The molecule has 2 heterocycles. The van der Waals surface area contributed by atoms with Gasteiger partial charge in [0.05, 0.1) is 20.7 Å². The molecule has 166 valence electrons. The van der Waals surface area contributed by atoms with Gasteiger partial charge in [0.15, 0.2) is 0 Å². The van der Waals surface area contributed by atoms with Gasteiger partial charge in [0.1, 0.15) is 5.02 Å². The Hall–Kier alpha value is -1.40. The number of sulfonamides is 1. The Morgan fingerprint density at radius 3 is 2.73 bits per heavy atom. The number of carbonyl (C=O) groups excluding carboxylic acids is 1. The van der Waals surface area contributed by atoms with Gasteiger partial charge in [-0.05, 0) is 38.3 Å². The van der Waals surface area contributed by atoms with E-state index in [1.54, 1.807) is 11.8 Å². The molecular formula is C18H25ClN4O5S2. The zero-order valence-corrected chi connectivity index (χ0v) is 19.1. The Morgan fingerprint density at radius 2 is 2.13 bits per heavy atom. The normalized spacial score (nSPS) is 22.7. The molecule has 2 unspecified atom stereocenters. The lowest BCUT2D eigenvalue weighted by molar-refractivity contribution is -0.384. The van der Waals surface area contributed by atoms with E-state index in [0.29, 0.717) is 18.6 Å². The van der Waals surface area contributed by atoms with Crippen LogP contribution in [0.5, 0.6) is 0 Å². The van der Waals surface area contributed by atoms with Crippen LogP contribution in [0.1, 0.15) is 33.1 Å². The lowest BCUT2D eigenvalue weighted by Gasteiger charge is -2.38. The van der Waals surface area contributed by atoms with Crippen LogP contribution in [0.4, 0.5) is 5.69 Å². The van der Waals surface area contributed by atoms with Crippen LogP contribution in [0.25, 0.3) is 0 Å². The summed E-state index contributed by atoms with van der Waals surface area (Å²) in [5, 5.41) is 17.4. The first kappa shape index (κ1) is 23.3. The zero-order valence-electron chi connectivity index (χ0n) is 16.8. The van der Waals surface area contributed by atoms with Crippen molar-refractivity contribution in [1.29, 1.82) is 0 Å². The van der Waals surface area contributed by atoms with Crippen LogP contribution in [0.3, 0.4) is 0 Å². The number of benzene rings is 1. The Morgan fingerprint density at radius 1 is 1.47 bits per heavy atom. The van der Waals surface area contributed by atoms with Gasteiger partial charge in [0, 0.05) is 31.0 Å². The summed E-state index contributed by atoms with van der Waals surface area (Å²) in [7, 11) is -3.88. The summed E-state index contributed by atoms with van der Waals surface area (Å²) in [4.78, 5) is 22.3. The predicted octanol–water partition coefficient (Wildman–Crippen LogP) is 2.35. The molecule has 0 radical (unpaired) electrons. The highest BCUT2D eigenvalue weighted by Crippen LogP contribution is 2.40. The Labute approximate surface area is 185 Å². The third-order valence-electron chi connectivity index (χ3n) is 5.56. The van der Waals surface area contributed by atoms with Crippen molar-refractivity contribution >= 4 is 45.0 Å². The number of rotatable bonds is 6. The van der Waals surface area contributed by atoms with E-state index in [1.807, 2.05) is 13.8 Å². The second-order valence-corrected chi connectivity index (χ2v) is 11.3. The van der Waals surface area contributed by atoms with Crippen LogP contribution in [-0.4, -0.2) is 59.4 Å². The van der Waals surface area contributed by atoms with Gasteiger partial charge in [0.25, 0.3) is 5.69 Å². The molecular weight excluding hydrogens is 452 g/mol. The summed E-state index contributed by atoms with van der Waals surface area (Å²) in [6.45, 7) is 4.49. The number of carbonyl (C=O) groups is 1. The largest absolute Gasteiger partial charge is 0.352 e. The quantitative estimate of drug-likeness (QED) is 0.477. The molecule has 2 aliphatic rings. The van der Waals surface area contributed by atoms with Crippen molar-refractivity contribution in [2.75, 3.05) is 18.8 Å². The maximum atomic E-state index is 13.0. The molecule has 2 atom stereocenters. The number of thioether (sulfide) groups is 1. The summed E-state index contributed by atoms with van der Waals surface area (Å²) in [5.41, 5.74) is -0.436. The molecule has 2 N–H and O–H groups in total. The summed E-state index contributed by atoms with van der Waals surface area (Å²) in [6, 6.07) is 3.32. The molecule has 2 fully saturated rings. The van der Waals surface area contributed by atoms with E-state index in [9.17, 15) is 23.3 Å². The Kier molecular flexibility index (Phi) is 6.97. The van der Waals surface area contributed by atoms with Crippen molar-refractivity contribution in [2.45, 2.75) is 55.0 Å². The molecule has 3 rings (SSSR count). The van der Waals surface area contributed by atoms with E-state index >= 15 is 0 Å². The number of nitro benzene ring substituents is 1. The monoisotopic (exact) mass is 476 g/mol. The molecule has 2 saturated heterocycles. The maximum Gasteiger partial charge on any atom is 0.289 e. The molecule has 9 nitrogen and oxygen atoms in total. The molecule has 0 saturated carbocycles. The molecule has 2 aliphatic heterocycles. The van der Waals surface area contributed by atoms with E-state index in [2.05, 4.69) is 10.6 Å². The van der Waals surface area contributed by atoms with E-state index in [4.69, 9.17) is 11.6 Å². The maximum absolute atomic E-state index is 13.0. The number of hydrogen-bond donors (Lipinski definition) is 2. The van der Waals surface area contributed by atoms with Crippen molar-refractivity contribution in [1.82, 2.24) is 14.9 Å². The molecule has 1 amide bonds. The number of halogens is 1. The highest BCUT2D eigenvalue weighted by Gasteiger charge is 2.45. The van der Waals surface area contributed by atoms with Gasteiger partial charge < -0.3 is 5.32 Å². The van der Waals surface area contributed by atoms with Gasteiger partial charge in [-0.15, -0.1) is 11.8 Å². The third-order valence-corrected chi connectivity index (χ3v) is 9.36. The van der Waals surface area contributed by atoms with Gasteiger partial charge in [-0.25, -0.2) is 8.42 Å². The number of hydrogen-bond acceptors (Lipinski definition) is 7. The number of piperidine rings is 1. The standard InChI is InChI=1S/C18H25ClN4O5S2/c1-3-12(2)20-17(24)15-11-29-18(21-15)6-8-22(9-7-18)30(27,28)13-4-5-14(19)16(10-13)23(25)26/h4-5,10,12,15,21H,3,6-9,11H2,1-2H3,(H,20,24). The first-order chi connectivity index (χ1) is 14.1. The number of amides is 1. The summed E-state index contributed by atoms with van der Waals surface area (Å²) >= 11 is 7.45. The average molecular weight is 477 g/mol. The van der Waals surface area contributed by atoms with Crippen LogP contribution < -0.4 is 10.6 Å². The molecule has 30 heavy (non-hydrogen) atoms. The molecule has 0 aliphatic carbocycles. The van der Waals surface area contributed by atoms with Crippen molar-refractivity contribution in [3.63, 3.8) is 0 Å². The van der Waals surface area contributed by atoms with Crippen molar-refractivity contribution < 1.29 is 18.1 Å². The minimum Gasteiger partial charge on any atom is -0.352 e. The lowest BCUT2D eigenvalue weighted by atomic mass is 10.0. The van der Waals surface area contributed by atoms with Crippen LogP contribution in [0, 0.1) is 10.1 Å². The van der Waals surface area contributed by atoms with Crippen LogP contribution in [-0.2, 0) is 14.8 Å². The van der Waals surface area contributed by atoms with Gasteiger partial charge in [-0.1, -0.05) is 18.5 Å². The van der Waals surface area contributed by atoms with E-state index in [0.717, 1.165) is 12.5 Å². The van der Waals surface area contributed by atoms with Crippen molar-refractivity contribution in [2.24, 2.45) is 0 Å². The highest BCUT2D eigenvalue weighted by molar-refractivity contribution is 8.01.